The Morgan fingerprint density at radius 1 is 1.25 bits per heavy atom. The lowest BCUT2D eigenvalue weighted by Crippen LogP contribution is -1.98. The molecular weight excluding hydrogens is 200 g/mol. The third kappa shape index (κ3) is 2.34. The molecule has 0 amide bonds. The van der Waals surface area contributed by atoms with E-state index in [1.807, 2.05) is 43.3 Å². The third-order valence-corrected chi connectivity index (χ3v) is 2.15. The first-order valence-corrected chi connectivity index (χ1v) is 5.17. The predicted molar refractivity (Wildman–Crippen MR) is 64.5 cm³/mol. The summed E-state index contributed by atoms with van der Waals surface area (Å²) in [6.07, 6.45) is 1.66. The molecule has 0 saturated heterocycles. The van der Waals surface area contributed by atoms with Gasteiger partial charge in [-0.2, -0.15) is 0 Å². The molecule has 0 saturated carbocycles. The summed E-state index contributed by atoms with van der Waals surface area (Å²) in [5.74, 6) is 1.64. The van der Waals surface area contributed by atoms with E-state index in [4.69, 9.17) is 9.15 Å². The SMILES string of the molecule is C=C(C)COc1ccccc1-c1ccco1. The van der Waals surface area contributed by atoms with Gasteiger partial charge in [-0.1, -0.05) is 18.7 Å². The fraction of sp³-hybridized carbons (Fsp3) is 0.143. The van der Waals surface area contributed by atoms with Crippen molar-refractivity contribution < 1.29 is 9.15 Å². The zero-order chi connectivity index (χ0) is 11.4. The molecule has 0 atom stereocenters. The van der Waals surface area contributed by atoms with Crippen molar-refractivity contribution >= 4 is 0 Å². The van der Waals surface area contributed by atoms with Crippen LogP contribution >= 0.6 is 0 Å². The van der Waals surface area contributed by atoms with Gasteiger partial charge in [-0.15, -0.1) is 0 Å². The Bertz CT molecular complexity index is 469. The van der Waals surface area contributed by atoms with Crippen molar-refractivity contribution in [3.05, 3.63) is 54.8 Å². The molecule has 2 aromatic rings. The van der Waals surface area contributed by atoms with Crippen LogP contribution in [0.4, 0.5) is 0 Å². The molecule has 1 aromatic heterocycles. The number of hydrogen-bond acceptors (Lipinski definition) is 2. The van der Waals surface area contributed by atoms with E-state index in [9.17, 15) is 0 Å². The number of benzene rings is 1. The van der Waals surface area contributed by atoms with Crippen molar-refractivity contribution in [2.45, 2.75) is 6.92 Å². The molecule has 0 N–H and O–H groups in total. The summed E-state index contributed by atoms with van der Waals surface area (Å²) in [6.45, 7) is 6.28. The van der Waals surface area contributed by atoms with Gasteiger partial charge in [0.2, 0.25) is 0 Å². The zero-order valence-corrected chi connectivity index (χ0v) is 9.27. The van der Waals surface area contributed by atoms with Gasteiger partial charge in [-0.25, -0.2) is 0 Å². The molecule has 2 nitrogen and oxygen atoms in total. The second-order valence-electron chi connectivity index (χ2n) is 3.72. The fourth-order valence-corrected chi connectivity index (χ4v) is 1.43. The third-order valence-electron chi connectivity index (χ3n) is 2.15. The van der Waals surface area contributed by atoms with Gasteiger partial charge < -0.3 is 9.15 Å². The molecule has 1 heterocycles. The maximum Gasteiger partial charge on any atom is 0.137 e. The molecule has 0 aliphatic heterocycles. The van der Waals surface area contributed by atoms with Gasteiger partial charge in [0.1, 0.15) is 18.1 Å². The van der Waals surface area contributed by atoms with Gasteiger partial charge in [-0.05, 0) is 36.8 Å². The lowest BCUT2D eigenvalue weighted by atomic mass is 10.1. The maximum atomic E-state index is 5.66. The van der Waals surface area contributed by atoms with E-state index in [0.29, 0.717) is 6.61 Å². The van der Waals surface area contributed by atoms with Gasteiger partial charge >= 0.3 is 0 Å². The summed E-state index contributed by atoms with van der Waals surface area (Å²) in [6, 6.07) is 11.6. The zero-order valence-electron chi connectivity index (χ0n) is 9.27. The lowest BCUT2D eigenvalue weighted by molar-refractivity contribution is 0.353. The summed E-state index contributed by atoms with van der Waals surface area (Å²) < 4.78 is 11.0. The van der Waals surface area contributed by atoms with Crippen molar-refractivity contribution in [3.63, 3.8) is 0 Å². The first-order chi connectivity index (χ1) is 7.77. The summed E-state index contributed by atoms with van der Waals surface area (Å²) in [5, 5.41) is 0. The van der Waals surface area contributed by atoms with Crippen LogP contribution in [0.3, 0.4) is 0 Å². The van der Waals surface area contributed by atoms with E-state index in [2.05, 4.69) is 6.58 Å². The minimum atomic E-state index is 0.526. The second kappa shape index (κ2) is 4.71. The maximum absolute atomic E-state index is 5.66. The highest BCUT2D eigenvalue weighted by Gasteiger charge is 2.07. The van der Waals surface area contributed by atoms with Crippen LogP contribution in [0.2, 0.25) is 0 Å². The van der Waals surface area contributed by atoms with Crippen LogP contribution in [-0.4, -0.2) is 6.61 Å². The van der Waals surface area contributed by atoms with Crippen LogP contribution < -0.4 is 4.74 Å². The number of ether oxygens (including phenoxy) is 1. The van der Waals surface area contributed by atoms with Gasteiger partial charge in [0.25, 0.3) is 0 Å². The molecule has 82 valence electrons. The molecule has 0 unspecified atom stereocenters. The quantitative estimate of drug-likeness (QED) is 0.720. The Morgan fingerprint density at radius 3 is 2.75 bits per heavy atom. The van der Waals surface area contributed by atoms with Crippen LogP contribution in [0, 0.1) is 0 Å². The Balaban J connectivity index is 2.27. The van der Waals surface area contributed by atoms with Gasteiger partial charge in [0.15, 0.2) is 0 Å². The Kier molecular flexibility index (Phi) is 3.10. The molecule has 0 fully saturated rings. The van der Waals surface area contributed by atoms with E-state index >= 15 is 0 Å². The predicted octanol–water partition coefficient (Wildman–Crippen LogP) is 3.90. The highest BCUT2D eigenvalue weighted by atomic mass is 16.5. The Hall–Kier alpha value is -1.96. The second-order valence-corrected chi connectivity index (χ2v) is 3.72. The number of furan rings is 1. The average molecular weight is 214 g/mol. The van der Waals surface area contributed by atoms with Crippen molar-refractivity contribution in [1.29, 1.82) is 0 Å². The molecule has 1 aromatic carbocycles. The van der Waals surface area contributed by atoms with E-state index in [0.717, 1.165) is 22.6 Å². The van der Waals surface area contributed by atoms with Gasteiger partial charge in [0.05, 0.1) is 11.8 Å². The molecule has 0 spiro atoms. The molecule has 0 bridgehead atoms. The van der Waals surface area contributed by atoms with E-state index in [1.54, 1.807) is 6.26 Å². The topological polar surface area (TPSA) is 22.4 Å². The molecule has 2 heteroatoms. The smallest absolute Gasteiger partial charge is 0.137 e. The van der Waals surface area contributed by atoms with E-state index in [-0.39, 0.29) is 0 Å². The molecule has 2 rings (SSSR count). The normalized spacial score (nSPS) is 10.1. The molecular formula is C14H14O2. The minimum Gasteiger partial charge on any atom is -0.489 e. The number of hydrogen-bond donors (Lipinski definition) is 0. The summed E-state index contributed by atoms with van der Waals surface area (Å²) in [4.78, 5) is 0. The van der Waals surface area contributed by atoms with Crippen LogP contribution in [0.1, 0.15) is 6.92 Å². The van der Waals surface area contributed by atoms with Crippen molar-refractivity contribution in [2.24, 2.45) is 0 Å². The van der Waals surface area contributed by atoms with Gasteiger partial charge in [-0.3, -0.25) is 0 Å². The highest BCUT2D eigenvalue weighted by molar-refractivity contribution is 5.65. The number of rotatable bonds is 4. The van der Waals surface area contributed by atoms with Crippen LogP contribution in [0.15, 0.2) is 59.2 Å². The van der Waals surface area contributed by atoms with Crippen LogP contribution in [0.5, 0.6) is 5.75 Å². The lowest BCUT2D eigenvalue weighted by Gasteiger charge is -2.09. The Labute approximate surface area is 95.2 Å². The van der Waals surface area contributed by atoms with Crippen LogP contribution in [0.25, 0.3) is 11.3 Å². The van der Waals surface area contributed by atoms with Crippen LogP contribution in [-0.2, 0) is 0 Å². The van der Waals surface area contributed by atoms with Crippen molar-refractivity contribution in [3.8, 4) is 17.1 Å². The average Bonchev–Trinajstić information content (AvgIpc) is 2.80. The molecule has 0 aliphatic rings. The minimum absolute atomic E-state index is 0.526. The van der Waals surface area contributed by atoms with Gasteiger partial charge in [0, 0.05) is 0 Å². The summed E-state index contributed by atoms with van der Waals surface area (Å²) >= 11 is 0. The summed E-state index contributed by atoms with van der Waals surface area (Å²) in [5.41, 5.74) is 1.96. The molecule has 0 radical (unpaired) electrons. The molecule has 16 heavy (non-hydrogen) atoms. The van der Waals surface area contributed by atoms with E-state index in [1.165, 1.54) is 0 Å². The summed E-state index contributed by atoms with van der Waals surface area (Å²) in [7, 11) is 0. The highest BCUT2D eigenvalue weighted by Crippen LogP contribution is 2.30. The largest absolute Gasteiger partial charge is 0.489 e. The first-order valence-electron chi connectivity index (χ1n) is 5.17. The van der Waals surface area contributed by atoms with E-state index < -0.39 is 0 Å². The molecule has 0 aliphatic carbocycles. The van der Waals surface area contributed by atoms with Crippen molar-refractivity contribution in [2.75, 3.05) is 6.61 Å². The number of para-hydroxylation sites is 1. The monoisotopic (exact) mass is 214 g/mol. The van der Waals surface area contributed by atoms with Crippen molar-refractivity contribution in [1.82, 2.24) is 0 Å². The first kappa shape index (κ1) is 10.6. The fourth-order valence-electron chi connectivity index (χ4n) is 1.43. The standard InChI is InChI=1S/C14H14O2/c1-11(2)10-16-14-7-4-3-6-12(14)13-8-5-9-15-13/h3-9H,1,10H2,2H3. The Morgan fingerprint density at radius 2 is 2.06 bits per heavy atom.